The van der Waals surface area contributed by atoms with Gasteiger partial charge in [0.25, 0.3) is 0 Å². The lowest BCUT2D eigenvalue weighted by Crippen LogP contribution is -2.39. The van der Waals surface area contributed by atoms with Crippen molar-refractivity contribution in [3.05, 3.63) is 53.0 Å². The van der Waals surface area contributed by atoms with Gasteiger partial charge in [-0.3, -0.25) is 5.32 Å². The van der Waals surface area contributed by atoms with E-state index in [1.807, 2.05) is 13.0 Å². The van der Waals surface area contributed by atoms with Crippen molar-refractivity contribution >= 4 is 17.5 Å². The van der Waals surface area contributed by atoms with Crippen LogP contribution in [0.3, 0.4) is 0 Å². The van der Waals surface area contributed by atoms with E-state index in [2.05, 4.69) is 10.3 Å². The second-order valence-electron chi connectivity index (χ2n) is 6.40. The summed E-state index contributed by atoms with van der Waals surface area (Å²) in [6.07, 6.45) is 2.61. The molecule has 2 aliphatic rings. The summed E-state index contributed by atoms with van der Waals surface area (Å²) in [7, 11) is 0. The molecule has 6 heteroatoms. The molecule has 124 valence electrons. The zero-order valence-electron chi connectivity index (χ0n) is 13.4. The van der Waals surface area contributed by atoms with Crippen molar-refractivity contribution in [3.63, 3.8) is 0 Å². The number of urea groups is 1. The molecule has 1 aromatic carbocycles. The number of anilines is 2. The van der Waals surface area contributed by atoms with E-state index in [9.17, 15) is 9.18 Å². The fraction of sp³-hybridized carbons (Fsp3) is 0.333. The molecule has 1 aromatic heterocycles. The third-order valence-electron chi connectivity index (χ3n) is 4.95. The van der Waals surface area contributed by atoms with Gasteiger partial charge in [0.2, 0.25) is 0 Å². The van der Waals surface area contributed by atoms with Gasteiger partial charge in [-0.25, -0.2) is 14.2 Å². The minimum Gasteiger partial charge on any atom is -0.399 e. The normalized spacial score (nSPS) is 22.1. The van der Waals surface area contributed by atoms with E-state index in [1.54, 1.807) is 23.2 Å². The Labute approximate surface area is 139 Å². The van der Waals surface area contributed by atoms with Crippen LogP contribution < -0.4 is 11.1 Å². The Balaban J connectivity index is 1.65. The number of aromatic nitrogens is 1. The summed E-state index contributed by atoms with van der Waals surface area (Å²) in [4.78, 5) is 18.0. The van der Waals surface area contributed by atoms with Crippen molar-refractivity contribution in [2.24, 2.45) is 0 Å². The molecule has 24 heavy (non-hydrogen) atoms. The van der Waals surface area contributed by atoms with Crippen molar-refractivity contribution < 1.29 is 9.18 Å². The van der Waals surface area contributed by atoms with Crippen LogP contribution in [-0.2, 0) is 6.54 Å². The molecular weight excluding hydrogens is 307 g/mol. The molecule has 2 aromatic rings. The summed E-state index contributed by atoms with van der Waals surface area (Å²) >= 11 is 0. The molecule has 2 atom stereocenters. The van der Waals surface area contributed by atoms with Gasteiger partial charge in [0.05, 0.1) is 6.54 Å². The second-order valence-corrected chi connectivity index (χ2v) is 6.40. The van der Waals surface area contributed by atoms with Crippen molar-refractivity contribution in [2.45, 2.75) is 31.7 Å². The maximum absolute atomic E-state index is 14.2. The number of rotatable bonds is 3. The van der Waals surface area contributed by atoms with E-state index in [4.69, 9.17) is 5.73 Å². The van der Waals surface area contributed by atoms with E-state index in [-0.39, 0.29) is 23.7 Å². The number of nitrogens with zero attached hydrogens (tertiary/aromatic N) is 2. The molecule has 1 aliphatic carbocycles. The monoisotopic (exact) mass is 326 g/mol. The summed E-state index contributed by atoms with van der Waals surface area (Å²) in [5.74, 6) is 0.804. The van der Waals surface area contributed by atoms with Gasteiger partial charge in [-0.05, 0) is 54.5 Å². The number of halogens is 1. The summed E-state index contributed by atoms with van der Waals surface area (Å²) in [6.45, 7) is 3.14. The molecule has 0 radical (unpaired) electrons. The maximum atomic E-state index is 14.2. The first kappa shape index (κ1) is 14.9. The highest BCUT2D eigenvalue weighted by atomic mass is 19.1. The van der Waals surface area contributed by atoms with Crippen LogP contribution >= 0.6 is 0 Å². The Kier molecular flexibility index (Phi) is 3.40. The Morgan fingerprint density at radius 1 is 1.33 bits per heavy atom. The first-order valence-corrected chi connectivity index (χ1v) is 8.17. The molecule has 0 saturated heterocycles. The molecule has 2 amide bonds. The molecule has 1 saturated carbocycles. The smallest absolute Gasteiger partial charge is 0.323 e. The molecule has 0 bridgehead atoms. The lowest BCUT2D eigenvalue weighted by molar-refractivity contribution is 0.209. The van der Waals surface area contributed by atoms with Crippen molar-refractivity contribution in [3.8, 4) is 0 Å². The molecule has 2 heterocycles. The summed E-state index contributed by atoms with van der Waals surface area (Å²) in [5, 5.41) is 2.84. The largest absolute Gasteiger partial charge is 0.399 e. The highest BCUT2D eigenvalue weighted by Gasteiger charge is 2.43. The fourth-order valence-electron chi connectivity index (χ4n) is 3.55. The third-order valence-corrected chi connectivity index (χ3v) is 4.95. The van der Waals surface area contributed by atoms with E-state index in [0.29, 0.717) is 30.2 Å². The van der Waals surface area contributed by atoms with Crippen LogP contribution in [0.5, 0.6) is 0 Å². The number of carbonyl (C=O) groups excluding carboxylic acids is 1. The molecule has 3 N–H and O–H groups in total. The van der Waals surface area contributed by atoms with Gasteiger partial charge < -0.3 is 10.6 Å². The number of amides is 2. The quantitative estimate of drug-likeness (QED) is 0.849. The number of hydrogen-bond donors (Lipinski definition) is 2. The van der Waals surface area contributed by atoms with Crippen LogP contribution in [0, 0.1) is 5.82 Å². The summed E-state index contributed by atoms with van der Waals surface area (Å²) in [5.41, 5.74) is 8.99. The van der Waals surface area contributed by atoms with Crippen LogP contribution in [0.4, 0.5) is 20.7 Å². The number of nitrogen functional groups attached to an aromatic ring is 1. The number of carbonyl (C=O) groups is 1. The highest BCUT2D eigenvalue weighted by molar-refractivity contribution is 5.91. The van der Waals surface area contributed by atoms with Crippen LogP contribution in [-0.4, -0.2) is 22.5 Å². The third kappa shape index (κ3) is 2.38. The minimum absolute atomic E-state index is 0.119. The topological polar surface area (TPSA) is 71.2 Å². The number of pyridine rings is 1. The Bertz CT molecular complexity index is 823. The average Bonchev–Trinajstić information content (AvgIpc) is 3.33. The highest BCUT2D eigenvalue weighted by Crippen LogP contribution is 2.56. The van der Waals surface area contributed by atoms with Crippen molar-refractivity contribution in [1.29, 1.82) is 0 Å². The van der Waals surface area contributed by atoms with Crippen LogP contribution in [0.1, 0.15) is 41.9 Å². The van der Waals surface area contributed by atoms with E-state index in [0.717, 1.165) is 17.5 Å². The van der Waals surface area contributed by atoms with Crippen molar-refractivity contribution in [1.82, 2.24) is 9.88 Å². The Morgan fingerprint density at radius 2 is 2.12 bits per heavy atom. The van der Waals surface area contributed by atoms with Crippen LogP contribution in [0.15, 0.2) is 30.5 Å². The van der Waals surface area contributed by atoms with E-state index >= 15 is 0 Å². The number of fused-ring (bicyclic) bond motifs is 1. The molecule has 1 fully saturated rings. The summed E-state index contributed by atoms with van der Waals surface area (Å²) < 4.78 is 14.2. The number of benzene rings is 1. The standard InChI is InChI=1S/C18H19FN4O/c1-2-23-9-15-11(5-6-21-17(15)22-18(23)24)13-8-14(13)12-4-3-10(20)7-16(12)19/h3-7,13-14H,2,8-9,20H2,1H3,(H,21,22,24). The molecule has 0 spiro atoms. The van der Waals surface area contributed by atoms with Gasteiger partial charge >= 0.3 is 6.03 Å². The minimum atomic E-state index is -0.242. The number of nitrogens with one attached hydrogen (secondary N) is 1. The molecule has 4 rings (SSSR count). The predicted molar refractivity (Wildman–Crippen MR) is 90.3 cm³/mol. The van der Waals surface area contributed by atoms with Gasteiger partial charge in [0.15, 0.2) is 0 Å². The lowest BCUT2D eigenvalue weighted by atomic mass is 9.99. The zero-order valence-corrected chi connectivity index (χ0v) is 13.4. The first-order valence-electron chi connectivity index (χ1n) is 8.17. The van der Waals surface area contributed by atoms with Gasteiger partial charge in [0.1, 0.15) is 11.6 Å². The summed E-state index contributed by atoms with van der Waals surface area (Å²) in [6, 6.07) is 6.78. The predicted octanol–water partition coefficient (Wildman–Crippen LogP) is 3.44. The molecule has 5 nitrogen and oxygen atoms in total. The maximum Gasteiger partial charge on any atom is 0.323 e. The van der Waals surface area contributed by atoms with Gasteiger partial charge in [0, 0.05) is 24.0 Å². The Hall–Kier alpha value is -2.63. The van der Waals surface area contributed by atoms with Crippen LogP contribution in [0.2, 0.25) is 0 Å². The van der Waals surface area contributed by atoms with Gasteiger partial charge in [-0.1, -0.05) is 6.07 Å². The van der Waals surface area contributed by atoms with Crippen LogP contribution in [0.25, 0.3) is 0 Å². The first-order chi connectivity index (χ1) is 11.6. The Morgan fingerprint density at radius 3 is 2.88 bits per heavy atom. The molecule has 1 aliphatic heterocycles. The van der Waals surface area contributed by atoms with Crippen molar-refractivity contribution in [2.75, 3.05) is 17.6 Å². The van der Waals surface area contributed by atoms with E-state index in [1.165, 1.54) is 6.07 Å². The fourth-order valence-corrected chi connectivity index (χ4v) is 3.55. The number of nitrogens with two attached hydrogens (primary N) is 1. The van der Waals surface area contributed by atoms with Gasteiger partial charge in [-0.2, -0.15) is 0 Å². The molecule has 2 unspecified atom stereocenters. The number of hydrogen-bond acceptors (Lipinski definition) is 3. The van der Waals surface area contributed by atoms with Gasteiger partial charge in [-0.15, -0.1) is 0 Å². The SMILES string of the molecule is CCN1Cc2c(C3CC3c3ccc(N)cc3F)ccnc2NC1=O. The zero-order chi connectivity index (χ0) is 16.8. The van der Waals surface area contributed by atoms with E-state index < -0.39 is 0 Å². The second kappa shape index (κ2) is 5.47. The molecular formula is C18H19FN4O. The average molecular weight is 326 g/mol. The lowest BCUT2D eigenvalue weighted by Gasteiger charge is -2.29.